The summed E-state index contributed by atoms with van der Waals surface area (Å²) in [4.78, 5) is 22.9. The molecule has 1 amide bonds. The van der Waals surface area contributed by atoms with Crippen LogP contribution in [0.2, 0.25) is 0 Å². The summed E-state index contributed by atoms with van der Waals surface area (Å²) in [6.45, 7) is 4.52. The Labute approximate surface area is 147 Å². The molecule has 3 rings (SSSR count). The number of carbonyl (C=O) groups is 1. The quantitative estimate of drug-likeness (QED) is 0.755. The van der Waals surface area contributed by atoms with Gasteiger partial charge in [0.05, 0.1) is 6.33 Å². The fourth-order valence-corrected chi connectivity index (χ4v) is 3.38. The number of likely N-dealkylation sites (tertiary alicyclic amines) is 1. The lowest BCUT2D eigenvalue weighted by Gasteiger charge is -2.39. The average molecular weight is 347 g/mol. The molecule has 0 spiro atoms. The maximum atomic E-state index is 12.5. The van der Waals surface area contributed by atoms with Crippen LogP contribution in [0.3, 0.4) is 0 Å². The summed E-state index contributed by atoms with van der Waals surface area (Å²) in [5.74, 6) is 1.50. The number of carbonyl (C=O) groups excluding carboxylic acids is 1. The standard InChI is InChI=1S/C17H25N5O3/c1-14-19-16(20-25-14)17(6-12-24-2)4-9-22(10-5-17)15(23)3-8-21-11-7-18-13-21/h7,11,13H,3-6,8-10,12H2,1-2H3. The number of aromatic nitrogens is 4. The average Bonchev–Trinajstić information content (AvgIpc) is 3.30. The van der Waals surface area contributed by atoms with Crippen molar-refractivity contribution in [3.8, 4) is 0 Å². The summed E-state index contributed by atoms with van der Waals surface area (Å²) in [6, 6.07) is 0. The van der Waals surface area contributed by atoms with E-state index in [2.05, 4.69) is 15.1 Å². The first-order valence-electron chi connectivity index (χ1n) is 8.66. The first-order chi connectivity index (χ1) is 12.1. The molecule has 0 saturated carbocycles. The van der Waals surface area contributed by atoms with Crippen molar-refractivity contribution in [2.75, 3.05) is 26.8 Å². The Kier molecular flexibility index (Phi) is 5.47. The molecular formula is C17H25N5O3. The van der Waals surface area contributed by atoms with Gasteiger partial charge in [-0.3, -0.25) is 4.79 Å². The van der Waals surface area contributed by atoms with E-state index < -0.39 is 0 Å². The molecule has 0 unspecified atom stereocenters. The normalized spacial score (nSPS) is 17.0. The highest BCUT2D eigenvalue weighted by Crippen LogP contribution is 2.37. The molecular weight excluding hydrogens is 322 g/mol. The minimum Gasteiger partial charge on any atom is -0.385 e. The number of piperidine rings is 1. The van der Waals surface area contributed by atoms with E-state index in [4.69, 9.17) is 9.26 Å². The fourth-order valence-electron chi connectivity index (χ4n) is 3.38. The van der Waals surface area contributed by atoms with E-state index in [1.54, 1.807) is 26.6 Å². The van der Waals surface area contributed by atoms with Crippen LogP contribution in [0, 0.1) is 6.92 Å². The molecule has 0 atom stereocenters. The molecule has 25 heavy (non-hydrogen) atoms. The molecule has 1 saturated heterocycles. The van der Waals surface area contributed by atoms with Gasteiger partial charge in [-0.05, 0) is 19.3 Å². The molecule has 1 fully saturated rings. The van der Waals surface area contributed by atoms with Gasteiger partial charge in [0.15, 0.2) is 5.82 Å². The topological polar surface area (TPSA) is 86.3 Å². The zero-order valence-electron chi connectivity index (χ0n) is 14.8. The van der Waals surface area contributed by atoms with Gasteiger partial charge in [0, 0.05) is 64.5 Å². The van der Waals surface area contributed by atoms with Crippen molar-refractivity contribution in [1.29, 1.82) is 0 Å². The van der Waals surface area contributed by atoms with Gasteiger partial charge in [0.25, 0.3) is 0 Å². The van der Waals surface area contributed by atoms with Gasteiger partial charge in [-0.2, -0.15) is 4.98 Å². The zero-order valence-corrected chi connectivity index (χ0v) is 14.8. The Bertz CT molecular complexity index is 674. The van der Waals surface area contributed by atoms with Crippen molar-refractivity contribution < 1.29 is 14.1 Å². The molecule has 2 aromatic rings. The molecule has 2 aromatic heterocycles. The van der Waals surface area contributed by atoms with Crippen LogP contribution in [-0.4, -0.2) is 57.3 Å². The maximum absolute atomic E-state index is 12.5. The van der Waals surface area contributed by atoms with Gasteiger partial charge in [-0.1, -0.05) is 5.16 Å². The van der Waals surface area contributed by atoms with Crippen LogP contribution < -0.4 is 0 Å². The van der Waals surface area contributed by atoms with Gasteiger partial charge in [0.1, 0.15) is 0 Å². The molecule has 0 bridgehead atoms. The van der Waals surface area contributed by atoms with Crippen LogP contribution in [0.1, 0.15) is 37.4 Å². The van der Waals surface area contributed by atoms with E-state index in [0.29, 0.717) is 38.6 Å². The van der Waals surface area contributed by atoms with E-state index in [0.717, 1.165) is 25.1 Å². The number of nitrogens with zero attached hydrogens (tertiary/aromatic N) is 5. The van der Waals surface area contributed by atoms with Crippen molar-refractivity contribution in [1.82, 2.24) is 24.6 Å². The van der Waals surface area contributed by atoms with E-state index in [1.165, 1.54) is 0 Å². The number of aryl methyl sites for hydroxylation is 2. The number of imidazole rings is 1. The van der Waals surface area contributed by atoms with E-state index >= 15 is 0 Å². The van der Waals surface area contributed by atoms with Crippen molar-refractivity contribution in [2.45, 2.75) is 44.6 Å². The summed E-state index contributed by atoms with van der Waals surface area (Å²) in [6.07, 6.45) is 8.30. The summed E-state index contributed by atoms with van der Waals surface area (Å²) >= 11 is 0. The van der Waals surface area contributed by atoms with E-state index in [-0.39, 0.29) is 11.3 Å². The lowest BCUT2D eigenvalue weighted by atomic mass is 9.75. The molecule has 3 heterocycles. The third kappa shape index (κ3) is 4.07. The molecule has 0 aromatic carbocycles. The van der Waals surface area contributed by atoms with Crippen LogP contribution in [0.5, 0.6) is 0 Å². The summed E-state index contributed by atoms with van der Waals surface area (Å²) in [5.41, 5.74) is -0.172. The molecule has 8 nitrogen and oxygen atoms in total. The van der Waals surface area contributed by atoms with Crippen molar-refractivity contribution in [3.05, 3.63) is 30.4 Å². The van der Waals surface area contributed by atoms with Crippen molar-refractivity contribution in [2.24, 2.45) is 0 Å². The Hall–Kier alpha value is -2.22. The van der Waals surface area contributed by atoms with Gasteiger partial charge < -0.3 is 18.7 Å². The van der Waals surface area contributed by atoms with Crippen LogP contribution in [-0.2, 0) is 21.5 Å². The SMILES string of the molecule is COCCC1(c2noc(C)n2)CCN(C(=O)CCn2ccnc2)CC1. The molecule has 0 N–H and O–H groups in total. The molecule has 1 aliphatic heterocycles. The minimum atomic E-state index is -0.172. The number of rotatable bonds is 7. The number of methoxy groups -OCH3 is 1. The third-order valence-corrected chi connectivity index (χ3v) is 5.00. The zero-order chi connectivity index (χ0) is 17.7. The highest BCUT2D eigenvalue weighted by atomic mass is 16.5. The highest BCUT2D eigenvalue weighted by molar-refractivity contribution is 5.76. The van der Waals surface area contributed by atoms with Crippen LogP contribution in [0.15, 0.2) is 23.2 Å². The molecule has 0 aliphatic carbocycles. The molecule has 8 heteroatoms. The lowest BCUT2D eigenvalue weighted by Crippen LogP contribution is -2.46. The van der Waals surface area contributed by atoms with Crippen molar-refractivity contribution in [3.63, 3.8) is 0 Å². The maximum Gasteiger partial charge on any atom is 0.224 e. The van der Waals surface area contributed by atoms with Crippen LogP contribution in [0.4, 0.5) is 0 Å². The highest BCUT2D eigenvalue weighted by Gasteiger charge is 2.40. The number of amides is 1. The largest absolute Gasteiger partial charge is 0.385 e. The number of hydrogen-bond acceptors (Lipinski definition) is 6. The second-order valence-corrected chi connectivity index (χ2v) is 6.59. The van der Waals surface area contributed by atoms with Gasteiger partial charge in [-0.15, -0.1) is 0 Å². The Morgan fingerprint density at radius 3 is 2.80 bits per heavy atom. The second kappa shape index (κ2) is 7.77. The van der Waals surface area contributed by atoms with E-state index in [1.807, 2.05) is 15.7 Å². The second-order valence-electron chi connectivity index (χ2n) is 6.59. The van der Waals surface area contributed by atoms with E-state index in [9.17, 15) is 4.79 Å². The fraction of sp³-hybridized carbons (Fsp3) is 0.647. The Morgan fingerprint density at radius 2 is 2.20 bits per heavy atom. The molecule has 136 valence electrons. The van der Waals surface area contributed by atoms with Crippen LogP contribution in [0.25, 0.3) is 0 Å². The number of ether oxygens (including phenoxy) is 1. The molecule has 1 aliphatic rings. The summed E-state index contributed by atoms with van der Waals surface area (Å²) in [7, 11) is 1.70. The first-order valence-corrected chi connectivity index (χ1v) is 8.66. The smallest absolute Gasteiger partial charge is 0.224 e. The monoisotopic (exact) mass is 347 g/mol. The summed E-state index contributed by atoms with van der Waals surface area (Å²) in [5, 5.41) is 4.15. The molecule has 0 radical (unpaired) electrons. The third-order valence-electron chi connectivity index (χ3n) is 5.00. The predicted molar refractivity (Wildman–Crippen MR) is 89.9 cm³/mol. The first kappa shape index (κ1) is 17.6. The van der Waals surface area contributed by atoms with Gasteiger partial charge >= 0.3 is 0 Å². The Morgan fingerprint density at radius 1 is 1.40 bits per heavy atom. The van der Waals surface area contributed by atoms with Gasteiger partial charge in [-0.25, -0.2) is 4.98 Å². The summed E-state index contributed by atoms with van der Waals surface area (Å²) < 4.78 is 12.4. The lowest BCUT2D eigenvalue weighted by molar-refractivity contribution is -0.133. The number of hydrogen-bond donors (Lipinski definition) is 0. The van der Waals surface area contributed by atoms with Gasteiger partial charge in [0.2, 0.25) is 11.8 Å². The van der Waals surface area contributed by atoms with Crippen molar-refractivity contribution >= 4 is 5.91 Å². The Balaban J connectivity index is 1.60. The predicted octanol–water partition coefficient (Wildman–Crippen LogP) is 1.56. The minimum absolute atomic E-state index is 0.172. The van der Waals surface area contributed by atoms with Crippen LogP contribution >= 0.6 is 0 Å².